The molecule has 0 aromatic carbocycles. The Morgan fingerprint density at radius 1 is 0.596 bits per heavy atom. The Bertz CT molecular complexity index is 1290. The van der Waals surface area contributed by atoms with Gasteiger partial charge in [-0.2, -0.15) is 0 Å². The van der Waals surface area contributed by atoms with Crippen molar-refractivity contribution in [1.82, 2.24) is 0 Å². The normalized spacial score (nSPS) is 15.2. The van der Waals surface area contributed by atoms with E-state index in [9.17, 15) is 23.8 Å². The first-order valence-electron chi connectivity index (χ1n) is 18.0. The molecular weight excluding hydrogens is 685 g/mol. The van der Waals surface area contributed by atoms with Gasteiger partial charge in [0.25, 0.3) is 0 Å². The molecule has 0 saturated heterocycles. The van der Waals surface area contributed by atoms with Crippen LogP contribution in [-0.4, -0.2) is 59.9 Å². The summed E-state index contributed by atoms with van der Waals surface area (Å²) in [6, 6.07) is -1.54. The first kappa shape index (κ1) is 48.1. The third-order valence-electron chi connectivity index (χ3n) is 6.74. The van der Waals surface area contributed by atoms with E-state index >= 15 is 0 Å². The predicted molar refractivity (Wildman–Crippen MR) is 207 cm³/mol. The van der Waals surface area contributed by atoms with Crippen molar-refractivity contribution in [3.8, 4) is 0 Å². The van der Waals surface area contributed by atoms with Gasteiger partial charge in [0.1, 0.15) is 12.6 Å². The molecule has 3 atom stereocenters. The molecule has 0 aliphatic rings. The molecule has 0 aliphatic heterocycles. The number of carbonyl (C=O) groups excluding carboxylic acids is 2. The number of carboxylic acids is 1. The fourth-order valence-electron chi connectivity index (χ4n) is 3.92. The number of phosphoric acid groups is 1. The number of phosphoric ester groups is 1. The van der Waals surface area contributed by atoms with E-state index in [0.29, 0.717) is 12.8 Å². The molecule has 0 aliphatic carbocycles. The average Bonchev–Trinajstić information content (AvgIpc) is 3.12. The van der Waals surface area contributed by atoms with Gasteiger partial charge in [0, 0.05) is 12.8 Å². The van der Waals surface area contributed by atoms with Crippen LogP contribution in [0.25, 0.3) is 0 Å². The van der Waals surface area contributed by atoms with Crippen molar-refractivity contribution in [3.63, 3.8) is 0 Å². The minimum atomic E-state index is -4.74. The molecule has 0 heterocycles. The van der Waals surface area contributed by atoms with Crippen LogP contribution in [0, 0.1) is 0 Å². The van der Waals surface area contributed by atoms with Crippen LogP contribution in [0.5, 0.6) is 0 Å². The van der Waals surface area contributed by atoms with Crippen LogP contribution in [0.1, 0.15) is 90.9 Å². The highest BCUT2D eigenvalue weighted by Gasteiger charge is 2.28. The van der Waals surface area contributed by atoms with E-state index in [0.717, 1.165) is 51.4 Å². The van der Waals surface area contributed by atoms with Crippen molar-refractivity contribution in [1.29, 1.82) is 0 Å². The number of aliphatic carboxylic acids is 1. The maximum Gasteiger partial charge on any atom is 0.472 e. The lowest BCUT2D eigenvalue weighted by Gasteiger charge is -2.20. The van der Waals surface area contributed by atoms with Gasteiger partial charge in [0.2, 0.25) is 0 Å². The maximum absolute atomic E-state index is 12.5. The Kier molecular flexibility index (Phi) is 31.7. The van der Waals surface area contributed by atoms with E-state index < -0.39 is 57.7 Å². The second-order valence-electron chi connectivity index (χ2n) is 11.5. The zero-order valence-electron chi connectivity index (χ0n) is 30.8. The SMILES string of the molecule is CC/C=C/C=C/C=C/C=C/C=C/CCCCCC(=O)OCC(COP(=O)(O)OC[C@H](N)C(=O)O)OC(=O)CCCCC/C=C/C=C/C=C/C=C/CC. The summed E-state index contributed by atoms with van der Waals surface area (Å²) in [7, 11) is -4.74. The van der Waals surface area contributed by atoms with Gasteiger partial charge in [-0.25, -0.2) is 4.57 Å². The third-order valence-corrected chi connectivity index (χ3v) is 7.69. The van der Waals surface area contributed by atoms with Gasteiger partial charge in [0.15, 0.2) is 6.10 Å². The highest BCUT2D eigenvalue weighted by molar-refractivity contribution is 7.47. The molecule has 0 radical (unpaired) electrons. The Labute approximate surface area is 310 Å². The van der Waals surface area contributed by atoms with Crippen LogP contribution in [0.3, 0.4) is 0 Å². The standard InChI is InChI=1S/C40H60NO10P/c1-3-5-7-9-11-13-15-17-18-20-21-23-25-27-29-31-38(42)48-33-36(34-49-52(46,47)50-35-37(41)40(44)45)51-39(43)32-30-28-26-24-22-19-16-14-12-10-8-6-4-2/h5-22,36-37H,3-4,23-35,41H2,1-2H3,(H,44,45)(H,46,47)/b7-5+,8-6+,11-9+,12-10+,15-13+,16-14+,18-17+,21-20+,22-19+/t36?,37-/m0/s1. The van der Waals surface area contributed by atoms with E-state index in [4.69, 9.17) is 24.8 Å². The molecule has 0 bridgehead atoms. The molecule has 0 fully saturated rings. The van der Waals surface area contributed by atoms with Crippen LogP contribution < -0.4 is 5.73 Å². The second-order valence-corrected chi connectivity index (χ2v) is 12.9. The van der Waals surface area contributed by atoms with E-state index in [2.05, 4.69) is 36.6 Å². The summed E-state index contributed by atoms with van der Waals surface area (Å²) in [6.45, 7) is 2.37. The Hall–Kier alpha value is -3.86. The summed E-state index contributed by atoms with van der Waals surface area (Å²) < 4.78 is 32.4. The van der Waals surface area contributed by atoms with Gasteiger partial charge in [-0.3, -0.25) is 23.4 Å². The molecule has 290 valence electrons. The number of esters is 2. The van der Waals surface area contributed by atoms with Crippen molar-refractivity contribution >= 4 is 25.7 Å². The Morgan fingerprint density at radius 3 is 1.48 bits per heavy atom. The molecule has 0 aromatic heterocycles. The van der Waals surface area contributed by atoms with Crippen LogP contribution in [0.15, 0.2) is 109 Å². The molecule has 0 aromatic rings. The minimum Gasteiger partial charge on any atom is -0.480 e. The van der Waals surface area contributed by atoms with Crippen molar-refractivity contribution in [2.45, 2.75) is 103 Å². The second kappa shape index (κ2) is 34.2. The zero-order valence-corrected chi connectivity index (χ0v) is 31.7. The van der Waals surface area contributed by atoms with Gasteiger partial charge in [-0.1, -0.05) is 136 Å². The van der Waals surface area contributed by atoms with Gasteiger partial charge < -0.3 is 25.2 Å². The maximum atomic E-state index is 12.5. The molecule has 4 N–H and O–H groups in total. The molecule has 12 heteroatoms. The van der Waals surface area contributed by atoms with Crippen molar-refractivity contribution in [2.75, 3.05) is 19.8 Å². The summed E-state index contributed by atoms with van der Waals surface area (Å²) in [5.74, 6) is -2.51. The number of nitrogens with two attached hydrogens (primary N) is 1. The van der Waals surface area contributed by atoms with Crippen LogP contribution in [0.2, 0.25) is 0 Å². The van der Waals surface area contributed by atoms with Crippen LogP contribution in [-0.2, 0) is 37.5 Å². The number of carboxylic acid groups (broad SMARTS) is 1. The molecule has 0 spiro atoms. The summed E-state index contributed by atoms with van der Waals surface area (Å²) in [5, 5.41) is 8.85. The van der Waals surface area contributed by atoms with Gasteiger partial charge >= 0.3 is 25.7 Å². The molecule has 0 saturated carbocycles. The lowest BCUT2D eigenvalue weighted by Crippen LogP contribution is -2.34. The quantitative estimate of drug-likeness (QED) is 0.0268. The van der Waals surface area contributed by atoms with Crippen molar-refractivity contribution < 1.29 is 47.5 Å². The zero-order chi connectivity index (χ0) is 38.5. The smallest absolute Gasteiger partial charge is 0.472 e. The van der Waals surface area contributed by atoms with E-state index in [1.807, 2.05) is 91.1 Å². The van der Waals surface area contributed by atoms with Crippen LogP contribution in [0.4, 0.5) is 0 Å². The molecule has 0 amide bonds. The average molecular weight is 746 g/mol. The molecule has 52 heavy (non-hydrogen) atoms. The fourth-order valence-corrected chi connectivity index (χ4v) is 4.69. The number of hydrogen-bond donors (Lipinski definition) is 3. The van der Waals surface area contributed by atoms with Gasteiger partial charge in [0.05, 0.1) is 13.2 Å². The number of carbonyl (C=O) groups is 3. The Balaban J connectivity index is 4.66. The minimum absolute atomic E-state index is 0.0973. The number of ether oxygens (including phenoxy) is 2. The first-order valence-corrected chi connectivity index (χ1v) is 19.5. The molecule has 0 rings (SSSR count). The lowest BCUT2D eigenvalue weighted by atomic mass is 10.1. The van der Waals surface area contributed by atoms with E-state index in [1.165, 1.54) is 0 Å². The summed E-state index contributed by atoms with van der Waals surface area (Å²) >= 11 is 0. The number of unbranched alkanes of at least 4 members (excludes halogenated alkanes) is 6. The third kappa shape index (κ3) is 33.3. The summed E-state index contributed by atoms with van der Waals surface area (Å²) in [6.07, 6.45) is 43.1. The van der Waals surface area contributed by atoms with Crippen LogP contribution >= 0.6 is 7.82 Å². The molecule has 11 nitrogen and oxygen atoms in total. The predicted octanol–water partition coefficient (Wildman–Crippen LogP) is 8.71. The van der Waals surface area contributed by atoms with Crippen molar-refractivity contribution in [2.24, 2.45) is 5.73 Å². The van der Waals surface area contributed by atoms with Crippen molar-refractivity contribution in [3.05, 3.63) is 109 Å². The number of rotatable bonds is 31. The number of allylic oxidation sites excluding steroid dienone is 18. The highest BCUT2D eigenvalue weighted by atomic mass is 31.2. The first-order chi connectivity index (χ1) is 25.1. The molecular formula is C40H60NO10P. The topological polar surface area (TPSA) is 172 Å². The highest BCUT2D eigenvalue weighted by Crippen LogP contribution is 2.43. The largest absolute Gasteiger partial charge is 0.480 e. The lowest BCUT2D eigenvalue weighted by molar-refractivity contribution is -0.161. The van der Waals surface area contributed by atoms with Gasteiger partial charge in [-0.15, -0.1) is 0 Å². The van der Waals surface area contributed by atoms with Gasteiger partial charge in [-0.05, 0) is 51.4 Å². The summed E-state index contributed by atoms with van der Waals surface area (Å²) in [5.41, 5.74) is 5.30. The van der Waals surface area contributed by atoms with E-state index in [-0.39, 0.29) is 12.8 Å². The molecule has 2 unspecified atom stereocenters. The van der Waals surface area contributed by atoms with E-state index in [1.54, 1.807) is 0 Å². The number of hydrogen-bond acceptors (Lipinski definition) is 9. The summed E-state index contributed by atoms with van der Waals surface area (Å²) in [4.78, 5) is 45.7. The fraction of sp³-hybridized carbons (Fsp3) is 0.475. The monoisotopic (exact) mass is 745 g/mol. The Morgan fingerprint density at radius 2 is 1.02 bits per heavy atom.